The Morgan fingerprint density at radius 1 is 1.17 bits per heavy atom. The summed E-state index contributed by atoms with van der Waals surface area (Å²) < 4.78 is 15.8. The summed E-state index contributed by atoms with van der Waals surface area (Å²) in [6.07, 6.45) is 0.649. The van der Waals surface area contributed by atoms with Crippen molar-refractivity contribution in [3.63, 3.8) is 0 Å². The lowest BCUT2D eigenvalue weighted by molar-refractivity contribution is -0.118. The molecular formula is C13H19NO4. The molecule has 0 radical (unpaired) electrons. The highest BCUT2D eigenvalue weighted by atomic mass is 16.5. The second-order valence-electron chi connectivity index (χ2n) is 3.75. The molecule has 0 aliphatic carbocycles. The summed E-state index contributed by atoms with van der Waals surface area (Å²) in [5, 5.41) is 2.74. The van der Waals surface area contributed by atoms with Gasteiger partial charge in [-0.2, -0.15) is 0 Å². The summed E-state index contributed by atoms with van der Waals surface area (Å²) in [7, 11) is 4.76. The summed E-state index contributed by atoms with van der Waals surface area (Å²) >= 11 is 0. The predicted molar refractivity (Wildman–Crippen MR) is 68.5 cm³/mol. The van der Waals surface area contributed by atoms with Crippen LogP contribution in [0.25, 0.3) is 0 Å². The number of rotatable bonds is 6. The van der Waals surface area contributed by atoms with E-state index in [1.807, 2.05) is 6.07 Å². The maximum absolute atomic E-state index is 10.8. The van der Waals surface area contributed by atoms with E-state index in [0.29, 0.717) is 30.2 Å². The first-order chi connectivity index (χ1) is 8.62. The molecule has 0 spiro atoms. The van der Waals surface area contributed by atoms with E-state index >= 15 is 0 Å². The smallest absolute Gasteiger partial charge is 0.216 e. The highest BCUT2D eigenvalue weighted by molar-refractivity contribution is 5.72. The standard InChI is InChI=1S/C13H19NO4/c1-9(15)14-6-5-10-7-11(16-2)8-12(17-3)13(10)18-4/h7-8H,5-6H2,1-4H3,(H,14,15). The third-order valence-electron chi connectivity index (χ3n) is 2.53. The fourth-order valence-electron chi connectivity index (χ4n) is 1.69. The normalized spacial score (nSPS) is 9.78. The van der Waals surface area contributed by atoms with Crippen LogP contribution in [-0.2, 0) is 11.2 Å². The first kappa shape index (κ1) is 14.2. The SMILES string of the molecule is COc1cc(CCNC(C)=O)c(OC)c(OC)c1. The van der Waals surface area contributed by atoms with Crippen LogP contribution in [0.4, 0.5) is 0 Å². The molecule has 0 saturated heterocycles. The number of nitrogens with one attached hydrogen (secondary N) is 1. The van der Waals surface area contributed by atoms with Crippen molar-refractivity contribution in [1.29, 1.82) is 0 Å². The minimum absolute atomic E-state index is 0.0520. The van der Waals surface area contributed by atoms with E-state index < -0.39 is 0 Å². The summed E-state index contributed by atoms with van der Waals surface area (Å²) in [4.78, 5) is 10.8. The van der Waals surface area contributed by atoms with E-state index in [1.165, 1.54) is 6.92 Å². The Kier molecular flexibility index (Phi) is 5.30. The van der Waals surface area contributed by atoms with Gasteiger partial charge in [0.2, 0.25) is 5.91 Å². The summed E-state index contributed by atoms with van der Waals surface area (Å²) in [6.45, 7) is 2.03. The number of ether oxygens (including phenoxy) is 3. The van der Waals surface area contributed by atoms with Gasteiger partial charge < -0.3 is 19.5 Å². The molecule has 0 saturated carbocycles. The van der Waals surface area contributed by atoms with Gasteiger partial charge in [0.1, 0.15) is 5.75 Å². The van der Waals surface area contributed by atoms with Gasteiger partial charge in [-0.25, -0.2) is 0 Å². The minimum atomic E-state index is -0.0520. The van der Waals surface area contributed by atoms with Gasteiger partial charge in [-0.15, -0.1) is 0 Å². The van der Waals surface area contributed by atoms with Crippen molar-refractivity contribution in [3.05, 3.63) is 17.7 Å². The zero-order valence-electron chi connectivity index (χ0n) is 11.2. The number of carbonyl (C=O) groups is 1. The molecule has 0 aliphatic rings. The van der Waals surface area contributed by atoms with Crippen molar-refractivity contribution in [3.8, 4) is 17.2 Å². The number of benzene rings is 1. The van der Waals surface area contributed by atoms with Gasteiger partial charge in [-0.3, -0.25) is 4.79 Å². The van der Waals surface area contributed by atoms with Crippen LogP contribution < -0.4 is 19.5 Å². The van der Waals surface area contributed by atoms with E-state index in [-0.39, 0.29) is 5.91 Å². The van der Waals surface area contributed by atoms with E-state index in [0.717, 1.165) is 5.56 Å². The van der Waals surface area contributed by atoms with Gasteiger partial charge in [0.05, 0.1) is 21.3 Å². The van der Waals surface area contributed by atoms with Crippen molar-refractivity contribution >= 4 is 5.91 Å². The van der Waals surface area contributed by atoms with Crippen LogP contribution in [0, 0.1) is 0 Å². The lowest BCUT2D eigenvalue weighted by Gasteiger charge is -2.14. The van der Waals surface area contributed by atoms with Crippen LogP contribution in [0.5, 0.6) is 17.2 Å². The van der Waals surface area contributed by atoms with Gasteiger partial charge >= 0.3 is 0 Å². The molecule has 0 unspecified atom stereocenters. The first-order valence-corrected chi connectivity index (χ1v) is 5.65. The molecule has 5 nitrogen and oxygen atoms in total. The van der Waals surface area contributed by atoms with Crippen molar-refractivity contribution in [2.45, 2.75) is 13.3 Å². The van der Waals surface area contributed by atoms with Crippen LogP contribution in [0.15, 0.2) is 12.1 Å². The average Bonchev–Trinajstić information content (AvgIpc) is 2.37. The molecule has 0 bridgehead atoms. The lowest BCUT2D eigenvalue weighted by Crippen LogP contribution is -2.22. The summed E-state index contributed by atoms with van der Waals surface area (Å²) in [5.74, 6) is 1.94. The van der Waals surface area contributed by atoms with E-state index in [9.17, 15) is 4.79 Å². The highest BCUT2D eigenvalue weighted by Crippen LogP contribution is 2.35. The summed E-state index contributed by atoms with van der Waals surface area (Å²) in [6, 6.07) is 3.64. The molecule has 5 heteroatoms. The zero-order chi connectivity index (χ0) is 13.5. The fraction of sp³-hybridized carbons (Fsp3) is 0.462. The molecular weight excluding hydrogens is 234 g/mol. The monoisotopic (exact) mass is 253 g/mol. The zero-order valence-corrected chi connectivity index (χ0v) is 11.2. The van der Waals surface area contributed by atoms with E-state index in [2.05, 4.69) is 5.32 Å². The van der Waals surface area contributed by atoms with Crippen molar-refractivity contribution in [2.75, 3.05) is 27.9 Å². The quantitative estimate of drug-likeness (QED) is 0.832. The van der Waals surface area contributed by atoms with Gasteiger partial charge in [-0.05, 0) is 12.5 Å². The van der Waals surface area contributed by atoms with Crippen molar-refractivity contribution in [2.24, 2.45) is 0 Å². The molecule has 1 aromatic rings. The van der Waals surface area contributed by atoms with Gasteiger partial charge in [-0.1, -0.05) is 0 Å². The molecule has 1 N–H and O–H groups in total. The number of hydrogen-bond donors (Lipinski definition) is 1. The van der Waals surface area contributed by atoms with Crippen LogP contribution >= 0.6 is 0 Å². The molecule has 100 valence electrons. The molecule has 18 heavy (non-hydrogen) atoms. The minimum Gasteiger partial charge on any atom is -0.497 e. The highest BCUT2D eigenvalue weighted by Gasteiger charge is 2.12. The molecule has 1 aromatic carbocycles. The Morgan fingerprint density at radius 3 is 2.39 bits per heavy atom. The van der Waals surface area contributed by atoms with Crippen molar-refractivity contribution in [1.82, 2.24) is 5.32 Å². The molecule has 0 heterocycles. The van der Waals surface area contributed by atoms with Crippen LogP contribution in [0.3, 0.4) is 0 Å². The topological polar surface area (TPSA) is 56.8 Å². The van der Waals surface area contributed by atoms with E-state index in [1.54, 1.807) is 27.4 Å². The second-order valence-corrected chi connectivity index (χ2v) is 3.75. The number of carbonyl (C=O) groups excluding carboxylic acids is 1. The van der Waals surface area contributed by atoms with Gasteiger partial charge in [0, 0.05) is 25.1 Å². The number of amides is 1. The first-order valence-electron chi connectivity index (χ1n) is 5.65. The van der Waals surface area contributed by atoms with Gasteiger partial charge in [0.15, 0.2) is 11.5 Å². The largest absolute Gasteiger partial charge is 0.497 e. The molecule has 1 amide bonds. The van der Waals surface area contributed by atoms with Crippen LogP contribution in [0.2, 0.25) is 0 Å². The third kappa shape index (κ3) is 3.55. The Balaban J connectivity index is 2.95. The predicted octanol–water partition coefficient (Wildman–Crippen LogP) is 1.39. The average molecular weight is 253 g/mol. The molecule has 0 aromatic heterocycles. The third-order valence-corrected chi connectivity index (χ3v) is 2.53. The lowest BCUT2D eigenvalue weighted by atomic mass is 10.1. The van der Waals surface area contributed by atoms with Crippen molar-refractivity contribution < 1.29 is 19.0 Å². The Labute approximate surface area is 107 Å². The maximum atomic E-state index is 10.8. The van der Waals surface area contributed by atoms with Crippen LogP contribution in [-0.4, -0.2) is 33.8 Å². The molecule has 0 atom stereocenters. The Morgan fingerprint density at radius 2 is 1.89 bits per heavy atom. The summed E-state index contributed by atoms with van der Waals surface area (Å²) in [5.41, 5.74) is 0.933. The fourth-order valence-corrected chi connectivity index (χ4v) is 1.69. The molecule has 0 fully saturated rings. The molecule has 0 aliphatic heterocycles. The Hall–Kier alpha value is -1.91. The van der Waals surface area contributed by atoms with Crippen LogP contribution in [0.1, 0.15) is 12.5 Å². The molecule has 1 rings (SSSR count). The number of hydrogen-bond acceptors (Lipinski definition) is 4. The van der Waals surface area contributed by atoms with Gasteiger partial charge in [0.25, 0.3) is 0 Å². The second kappa shape index (κ2) is 6.74. The Bertz CT molecular complexity index is 418. The maximum Gasteiger partial charge on any atom is 0.216 e. The van der Waals surface area contributed by atoms with E-state index in [4.69, 9.17) is 14.2 Å². The number of methoxy groups -OCH3 is 3.